The highest BCUT2D eigenvalue weighted by Crippen LogP contribution is 2.40. The Kier molecular flexibility index (Phi) is 3.72. The molecule has 0 bridgehead atoms. The lowest BCUT2D eigenvalue weighted by molar-refractivity contribution is 0.103. The summed E-state index contributed by atoms with van der Waals surface area (Å²) in [5.74, 6) is -0.780. The number of benzene rings is 1. The first kappa shape index (κ1) is 13.4. The van der Waals surface area contributed by atoms with E-state index in [4.69, 9.17) is 15.5 Å². The lowest BCUT2D eigenvalue weighted by Gasteiger charge is -2.12. The van der Waals surface area contributed by atoms with Crippen molar-refractivity contribution < 1.29 is 23.7 Å². The van der Waals surface area contributed by atoms with Crippen molar-refractivity contribution in [3.8, 4) is 5.75 Å². The van der Waals surface area contributed by atoms with E-state index in [-0.39, 0.29) is 22.6 Å². The molecule has 0 aliphatic heterocycles. The van der Waals surface area contributed by atoms with Crippen molar-refractivity contribution in [3.05, 3.63) is 35.9 Å². The van der Waals surface area contributed by atoms with Crippen LogP contribution >= 0.6 is 7.82 Å². The lowest BCUT2D eigenvalue weighted by atomic mass is 10.0. The molecule has 0 unspecified atom stereocenters. The molecule has 0 aromatic heterocycles. The van der Waals surface area contributed by atoms with Crippen molar-refractivity contribution in [2.24, 2.45) is 0 Å². The molecule has 0 saturated heterocycles. The molecule has 1 rings (SSSR count). The van der Waals surface area contributed by atoms with E-state index in [0.29, 0.717) is 0 Å². The van der Waals surface area contributed by atoms with Crippen LogP contribution in [0.15, 0.2) is 30.4 Å². The zero-order chi connectivity index (χ0) is 13.2. The van der Waals surface area contributed by atoms with Crippen LogP contribution in [0, 0.1) is 0 Å². The maximum Gasteiger partial charge on any atom is 0.524 e. The standard InChI is InChI=1S/C10H12NO5P/c1-6(2)10(12)9-7(11)4-3-5-8(9)16-17(13,14)15/h3-5H,1,11H2,2H3,(H2,13,14,15). The molecule has 0 saturated carbocycles. The Morgan fingerprint density at radius 1 is 1.47 bits per heavy atom. The van der Waals surface area contributed by atoms with Crippen LogP contribution in [0.5, 0.6) is 5.75 Å². The van der Waals surface area contributed by atoms with Crippen LogP contribution in [-0.4, -0.2) is 15.6 Å². The second-order valence-electron chi connectivity index (χ2n) is 3.41. The third-order valence-corrected chi connectivity index (χ3v) is 2.32. The topological polar surface area (TPSA) is 110 Å². The second-order valence-corrected chi connectivity index (χ2v) is 4.58. The number of carbonyl (C=O) groups is 1. The molecule has 0 spiro atoms. The number of phosphoric acid groups is 1. The molecule has 0 radical (unpaired) electrons. The van der Waals surface area contributed by atoms with Crippen molar-refractivity contribution in [2.45, 2.75) is 6.92 Å². The predicted octanol–water partition coefficient (Wildman–Crippen LogP) is 1.50. The molecule has 0 fully saturated rings. The van der Waals surface area contributed by atoms with Crippen LogP contribution in [0.2, 0.25) is 0 Å². The van der Waals surface area contributed by atoms with Crippen LogP contribution in [0.3, 0.4) is 0 Å². The van der Waals surface area contributed by atoms with E-state index in [2.05, 4.69) is 11.1 Å². The van der Waals surface area contributed by atoms with Gasteiger partial charge in [0.15, 0.2) is 5.78 Å². The highest BCUT2D eigenvalue weighted by Gasteiger charge is 2.23. The third-order valence-electron chi connectivity index (χ3n) is 1.89. The van der Waals surface area contributed by atoms with E-state index in [9.17, 15) is 9.36 Å². The average Bonchev–Trinajstić information content (AvgIpc) is 2.14. The summed E-state index contributed by atoms with van der Waals surface area (Å²) in [6.45, 7) is 4.92. The molecule has 0 aliphatic carbocycles. The van der Waals surface area contributed by atoms with Crippen LogP contribution < -0.4 is 10.3 Å². The number of carbonyl (C=O) groups excluding carboxylic acids is 1. The van der Waals surface area contributed by atoms with E-state index in [0.717, 1.165) is 0 Å². The van der Waals surface area contributed by atoms with Gasteiger partial charge < -0.3 is 10.3 Å². The minimum atomic E-state index is -4.74. The largest absolute Gasteiger partial charge is 0.524 e. The van der Waals surface area contributed by atoms with E-state index in [1.54, 1.807) is 0 Å². The molecule has 17 heavy (non-hydrogen) atoms. The van der Waals surface area contributed by atoms with Gasteiger partial charge in [-0.2, -0.15) is 0 Å². The van der Waals surface area contributed by atoms with Crippen molar-refractivity contribution in [1.29, 1.82) is 0 Å². The number of rotatable bonds is 4. The molecule has 0 atom stereocenters. The fourth-order valence-corrected chi connectivity index (χ4v) is 1.62. The minimum Gasteiger partial charge on any atom is -0.403 e. The maximum absolute atomic E-state index is 11.8. The summed E-state index contributed by atoms with van der Waals surface area (Å²) in [6.07, 6.45) is 0. The molecule has 1 aromatic rings. The maximum atomic E-state index is 11.8. The Balaban J connectivity index is 3.32. The molecular formula is C10H12NO5P. The van der Waals surface area contributed by atoms with Gasteiger partial charge in [0.1, 0.15) is 5.75 Å². The normalized spacial score (nSPS) is 11.0. The van der Waals surface area contributed by atoms with E-state index in [1.807, 2.05) is 0 Å². The number of anilines is 1. The monoisotopic (exact) mass is 257 g/mol. The first-order chi connectivity index (χ1) is 7.72. The summed E-state index contributed by atoms with van der Waals surface area (Å²) in [5.41, 5.74) is 5.76. The first-order valence-electron chi connectivity index (χ1n) is 4.56. The van der Waals surface area contributed by atoms with Gasteiger partial charge in [-0.1, -0.05) is 12.6 Å². The van der Waals surface area contributed by atoms with Crippen molar-refractivity contribution in [3.63, 3.8) is 0 Å². The molecule has 7 heteroatoms. The van der Waals surface area contributed by atoms with Gasteiger partial charge >= 0.3 is 7.82 Å². The first-order valence-corrected chi connectivity index (χ1v) is 6.09. The Morgan fingerprint density at radius 2 is 2.06 bits per heavy atom. The number of phosphoric ester groups is 1. The number of ketones is 1. The summed E-state index contributed by atoms with van der Waals surface area (Å²) in [5, 5.41) is 0. The summed E-state index contributed by atoms with van der Waals surface area (Å²) in [7, 11) is -4.74. The van der Waals surface area contributed by atoms with Crippen molar-refractivity contribution in [1.82, 2.24) is 0 Å². The van der Waals surface area contributed by atoms with Crippen LogP contribution in [0.1, 0.15) is 17.3 Å². The number of allylic oxidation sites excluding steroid dienone is 1. The highest BCUT2D eigenvalue weighted by atomic mass is 31.2. The molecule has 0 amide bonds. The number of nitrogen functional groups attached to an aromatic ring is 1. The molecule has 92 valence electrons. The predicted molar refractivity (Wildman–Crippen MR) is 62.7 cm³/mol. The van der Waals surface area contributed by atoms with Gasteiger partial charge in [-0.3, -0.25) is 14.6 Å². The zero-order valence-electron chi connectivity index (χ0n) is 9.08. The molecule has 6 nitrogen and oxygen atoms in total. The zero-order valence-corrected chi connectivity index (χ0v) is 9.98. The highest BCUT2D eigenvalue weighted by molar-refractivity contribution is 7.46. The van der Waals surface area contributed by atoms with E-state index in [1.165, 1.54) is 25.1 Å². The van der Waals surface area contributed by atoms with Crippen molar-refractivity contribution >= 4 is 19.3 Å². The Hall–Kier alpha value is -1.62. The summed E-state index contributed by atoms with van der Waals surface area (Å²) >= 11 is 0. The smallest absolute Gasteiger partial charge is 0.403 e. The Bertz CT molecular complexity index is 519. The number of hydrogen-bond acceptors (Lipinski definition) is 4. The quantitative estimate of drug-likeness (QED) is 0.326. The molecule has 0 heterocycles. The second kappa shape index (κ2) is 4.71. The summed E-state index contributed by atoms with van der Waals surface area (Å²) in [4.78, 5) is 29.2. The van der Waals surface area contributed by atoms with Gasteiger partial charge in [-0.15, -0.1) is 0 Å². The van der Waals surface area contributed by atoms with E-state index >= 15 is 0 Å². The average molecular weight is 257 g/mol. The van der Waals surface area contributed by atoms with Gasteiger partial charge in [-0.05, 0) is 24.6 Å². The molecule has 0 aliphatic rings. The fourth-order valence-electron chi connectivity index (χ4n) is 1.21. The summed E-state index contributed by atoms with van der Waals surface area (Å²) in [6, 6.07) is 4.11. The van der Waals surface area contributed by atoms with Gasteiger partial charge in [0.25, 0.3) is 0 Å². The molecule has 4 N–H and O–H groups in total. The van der Waals surface area contributed by atoms with Crippen LogP contribution in [-0.2, 0) is 4.57 Å². The summed E-state index contributed by atoms with van der Waals surface area (Å²) < 4.78 is 15.2. The van der Waals surface area contributed by atoms with Crippen molar-refractivity contribution in [2.75, 3.05) is 5.73 Å². The Labute approximate surface area is 98.0 Å². The SMILES string of the molecule is C=C(C)C(=O)c1c(N)cccc1OP(=O)(O)O. The van der Waals surface area contributed by atoms with Gasteiger partial charge in [0, 0.05) is 5.69 Å². The van der Waals surface area contributed by atoms with Crippen LogP contribution in [0.25, 0.3) is 0 Å². The number of nitrogens with two attached hydrogens (primary N) is 1. The van der Waals surface area contributed by atoms with Gasteiger partial charge in [0.05, 0.1) is 5.56 Å². The number of hydrogen-bond donors (Lipinski definition) is 3. The number of Topliss-reactive ketones (excluding diaryl/α,β-unsaturated/α-hetero) is 1. The molecule has 1 aromatic carbocycles. The van der Waals surface area contributed by atoms with Gasteiger partial charge in [-0.25, -0.2) is 4.57 Å². The van der Waals surface area contributed by atoms with Crippen LogP contribution in [0.4, 0.5) is 5.69 Å². The Morgan fingerprint density at radius 3 is 2.53 bits per heavy atom. The van der Waals surface area contributed by atoms with E-state index < -0.39 is 13.6 Å². The minimum absolute atomic E-state index is 0.0731. The third kappa shape index (κ3) is 3.42. The molecular weight excluding hydrogens is 245 g/mol. The fraction of sp³-hybridized carbons (Fsp3) is 0.100. The lowest BCUT2D eigenvalue weighted by Crippen LogP contribution is -2.07. The van der Waals surface area contributed by atoms with Gasteiger partial charge in [0.2, 0.25) is 0 Å².